The number of H-pyrrole nitrogens is 1. The van der Waals surface area contributed by atoms with Gasteiger partial charge in [0, 0.05) is 49.1 Å². The van der Waals surface area contributed by atoms with Crippen LogP contribution in [0.15, 0.2) is 59.7 Å². The second kappa shape index (κ2) is 7.47. The Morgan fingerprint density at radius 2 is 1.88 bits per heavy atom. The minimum atomic E-state index is -0.212. The van der Waals surface area contributed by atoms with Gasteiger partial charge in [-0.2, -0.15) is 5.10 Å². The van der Waals surface area contributed by atoms with Crippen LogP contribution in [0.25, 0.3) is 28.3 Å². The maximum absolute atomic E-state index is 12.5. The average Bonchev–Trinajstić information content (AvgIpc) is 3.24. The zero-order chi connectivity index (χ0) is 21.7. The van der Waals surface area contributed by atoms with Gasteiger partial charge in [0.05, 0.1) is 5.69 Å². The first kappa shape index (κ1) is 19.0. The number of pyridine rings is 1. The molecule has 1 N–H and O–H groups in total. The van der Waals surface area contributed by atoms with E-state index in [-0.39, 0.29) is 23.4 Å². The zero-order valence-electron chi connectivity index (χ0n) is 17.6. The zero-order valence-corrected chi connectivity index (χ0v) is 17.6. The summed E-state index contributed by atoms with van der Waals surface area (Å²) in [5.41, 5.74) is 3.47. The van der Waals surface area contributed by atoms with E-state index < -0.39 is 0 Å². The van der Waals surface area contributed by atoms with Crippen LogP contribution < -0.4 is 5.69 Å². The molecule has 0 bridgehead atoms. The largest absolute Gasteiger partial charge is 0.343 e. The molecule has 0 radical (unpaired) electrons. The van der Waals surface area contributed by atoms with E-state index >= 15 is 0 Å². The van der Waals surface area contributed by atoms with Crippen molar-refractivity contribution in [3.05, 3.63) is 65.3 Å². The Morgan fingerprint density at radius 1 is 1.06 bits per heavy atom. The number of carbonyl (C=O) groups is 1. The van der Waals surface area contributed by atoms with Crippen LogP contribution in [0, 0.1) is 11.8 Å². The van der Waals surface area contributed by atoms with Gasteiger partial charge in [0.1, 0.15) is 5.65 Å². The quantitative estimate of drug-likeness (QED) is 0.529. The van der Waals surface area contributed by atoms with E-state index in [4.69, 9.17) is 0 Å². The summed E-state index contributed by atoms with van der Waals surface area (Å²) in [6.45, 7) is 2.07. The predicted molar refractivity (Wildman–Crippen MR) is 120 cm³/mol. The number of aromatic amines is 1. The molecule has 1 aromatic carbocycles. The predicted octanol–water partition coefficient (Wildman–Crippen LogP) is 2.81. The molecular weight excluding hydrogens is 404 g/mol. The number of nitrogens with one attached hydrogen (secondary N) is 1. The van der Waals surface area contributed by atoms with Crippen molar-refractivity contribution in [3.63, 3.8) is 0 Å². The van der Waals surface area contributed by atoms with Crippen LogP contribution in [0.4, 0.5) is 0 Å². The third-order valence-electron chi connectivity index (χ3n) is 6.53. The summed E-state index contributed by atoms with van der Waals surface area (Å²) < 4.78 is 3.70. The van der Waals surface area contributed by atoms with Crippen molar-refractivity contribution in [2.24, 2.45) is 11.8 Å². The molecule has 1 aliphatic heterocycles. The maximum atomic E-state index is 12.5. The third kappa shape index (κ3) is 3.41. The fourth-order valence-corrected chi connectivity index (χ4v) is 4.60. The number of amides is 1. The van der Waals surface area contributed by atoms with Gasteiger partial charge in [-0.25, -0.2) is 14.9 Å². The third-order valence-corrected chi connectivity index (χ3v) is 6.53. The number of carbonyl (C=O) groups excluding carboxylic acids is 1. The average molecular weight is 428 g/mol. The van der Waals surface area contributed by atoms with Gasteiger partial charge in [-0.05, 0) is 37.3 Å². The van der Waals surface area contributed by atoms with Crippen LogP contribution in [0.2, 0.25) is 0 Å². The summed E-state index contributed by atoms with van der Waals surface area (Å²) in [7, 11) is 0. The molecule has 8 heteroatoms. The first-order chi connectivity index (χ1) is 15.7. The van der Waals surface area contributed by atoms with Gasteiger partial charge in [-0.15, -0.1) is 0 Å². The van der Waals surface area contributed by atoms with Crippen LogP contribution in [0.5, 0.6) is 0 Å². The number of hydrogen-bond acceptors (Lipinski definition) is 4. The minimum Gasteiger partial charge on any atom is -0.342 e. The molecular formula is C24H24N6O2. The topological polar surface area (TPSA) is 88.3 Å². The highest BCUT2D eigenvalue weighted by Crippen LogP contribution is 2.33. The molecule has 1 amide bonds. The number of rotatable bonds is 5. The molecule has 32 heavy (non-hydrogen) atoms. The lowest BCUT2D eigenvalue weighted by molar-refractivity contribution is -0.131. The molecule has 4 heterocycles. The summed E-state index contributed by atoms with van der Waals surface area (Å²) in [5, 5.41) is 6.88. The van der Waals surface area contributed by atoms with Crippen LogP contribution >= 0.6 is 0 Å². The molecule has 1 atom stereocenters. The fraction of sp³-hybridized carbons (Fsp3) is 0.333. The molecule has 1 saturated carbocycles. The Morgan fingerprint density at radius 3 is 2.66 bits per heavy atom. The number of nitrogens with zero attached hydrogens (tertiary/aromatic N) is 5. The number of aromatic nitrogens is 5. The van der Waals surface area contributed by atoms with Crippen molar-refractivity contribution in [1.29, 1.82) is 0 Å². The van der Waals surface area contributed by atoms with Crippen molar-refractivity contribution in [1.82, 2.24) is 29.0 Å². The molecule has 3 aromatic heterocycles. The summed E-state index contributed by atoms with van der Waals surface area (Å²) in [6.07, 6.45) is 6.95. The van der Waals surface area contributed by atoms with E-state index in [0.717, 1.165) is 54.8 Å². The van der Waals surface area contributed by atoms with Gasteiger partial charge in [-0.3, -0.25) is 9.36 Å². The number of hydrogen-bond donors (Lipinski definition) is 1. The fourth-order valence-electron chi connectivity index (χ4n) is 4.60. The summed E-state index contributed by atoms with van der Waals surface area (Å²) >= 11 is 0. The normalized spacial score (nSPS) is 18.5. The van der Waals surface area contributed by atoms with Crippen LogP contribution in [0.3, 0.4) is 0 Å². The van der Waals surface area contributed by atoms with Gasteiger partial charge >= 0.3 is 5.69 Å². The van der Waals surface area contributed by atoms with Crippen molar-refractivity contribution in [2.45, 2.75) is 25.8 Å². The lowest BCUT2D eigenvalue weighted by Gasteiger charge is -2.16. The van der Waals surface area contributed by atoms with Crippen molar-refractivity contribution < 1.29 is 4.79 Å². The molecule has 1 aliphatic carbocycles. The molecule has 8 nitrogen and oxygen atoms in total. The standard InChI is InChI=1S/C24H24N6O2/c31-23(19-8-9-19)29-12-10-16(13-29)14-30-22(26-27-24(30)32)18-6-4-17(5-7-18)20-15-28-11-2-1-3-21(28)25-20/h1-7,11,15-16,19H,8-10,12-14H2,(H,27,32). The molecule has 2 fully saturated rings. The van der Waals surface area contributed by atoms with Gasteiger partial charge < -0.3 is 9.30 Å². The molecule has 0 spiro atoms. The van der Waals surface area contributed by atoms with E-state index in [2.05, 4.69) is 15.2 Å². The van der Waals surface area contributed by atoms with Crippen LogP contribution in [0.1, 0.15) is 19.3 Å². The summed E-state index contributed by atoms with van der Waals surface area (Å²) in [4.78, 5) is 31.5. The van der Waals surface area contributed by atoms with Gasteiger partial charge in [0.15, 0.2) is 5.82 Å². The second-order valence-corrected chi connectivity index (χ2v) is 8.85. The van der Waals surface area contributed by atoms with E-state index in [0.29, 0.717) is 12.4 Å². The lowest BCUT2D eigenvalue weighted by atomic mass is 10.1. The van der Waals surface area contributed by atoms with E-state index in [1.54, 1.807) is 4.57 Å². The van der Waals surface area contributed by atoms with E-state index in [1.807, 2.05) is 64.2 Å². The van der Waals surface area contributed by atoms with Gasteiger partial charge in [0.2, 0.25) is 5.91 Å². The molecule has 6 rings (SSSR count). The summed E-state index contributed by atoms with van der Waals surface area (Å²) in [5.74, 6) is 1.43. The van der Waals surface area contributed by atoms with Gasteiger partial charge in [0.25, 0.3) is 0 Å². The lowest BCUT2D eigenvalue weighted by Crippen LogP contribution is -2.31. The van der Waals surface area contributed by atoms with Crippen LogP contribution in [-0.2, 0) is 11.3 Å². The Labute approximate surface area is 184 Å². The SMILES string of the molecule is O=C(C1CC1)N1CCC(Cn2c(-c3ccc(-c4cn5ccccc5n4)cc3)n[nH]c2=O)C1. The number of imidazole rings is 1. The Kier molecular flexibility index (Phi) is 4.45. The highest BCUT2D eigenvalue weighted by Gasteiger charge is 2.36. The highest BCUT2D eigenvalue weighted by atomic mass is 16.2. The first-order valence-corrected chi connectivity index (χ1v) is 11.1. The number of likely N-dealkylation sites (tertiary alicyclic amines) is 1. The molecule has 2 aliphatic rings. The first-order valence-electron chi connectivity index (χ1n) is 11.1. The molecule has 162 valence electrons. The number of benzene rings is 1. The monoisotopic (exact) mass is 428 g/mol. The summed E-state index contributed by atoms with van der Waals surface area (Å²) in [6, 6.07) is 13.9. The maximum Gasteiger partial charge on any atom is 0.343 e. The highest BCUT2D eigenvalue weighted by molar-refractivity contribution is 5.81. The number of fused-ring (bicyclic) bond motifs is 1. The molecule has 1 saturated heterocycles. The smallest absolute Gasteiger partial charge is 0.342 e. The van der Waals surface area contributed by atoms with E-state index in [1.165, 1.54) is 0 Å². The Balaban J connectivity index is 1.22. The Hall–Kier alpha value is -3.68. The van der Waals surface area contributed by atoms with Gasteiger partial charge in [-0.1, -0.05) is 30.3 Å². The van der Waals surface area contributed by atoms with E-state index in [9.17, 15) is 9.59 Å². The van der Waals surface area contributed by atoms with Crippen molar-refractivity contribution >= 4 is 11.6 Å². The molecule has 1 unspecified atom stereocenters. The van der Waals surface area contributed by atoms with Crippen LogP contribution in [-0.4, -0.2) is 48.0 Å². The minimum absolute atomic E-state index is 0.212. The molecule has 4 aromatic rings. The van der Waals surface area contributed by atoms with Crippen molar-refractivity contribution in [2.75, 3.05) is 13.1 Å². The second-order valence-electron chi connectivity index (χ2n) is 8.85. The Bertz CT molecular complexity index is 1310. The van der Waals surface area contributed by atoms with Crippen molar-refractivity contribution in [3.8, 4) is 22.6 Å².